The molecule has 1 aliphatic carbocycles. The van der Waals surface area contributed by atoms with E-state index < -0.39 is 29.1 Å². The van der Waals surface area contributed by atoms with E-state index in [1.807, 2.05) is 19.1 Å². The van der Waals surface area contributed by atoms with Gasteiger partial charge in [-0.15, -0.1) is 0 Å². The fourth-order valence-corrected chi connectivity index (χ4v) is 7.45. The lowest BCUT2D eigenvalue weighted by Crippen LogP contribution is -2.57. The van der Waals surface area contributed by atoms with Crippen LogP contribution in [0.1, 0.15) is 51.9 Å². The molecule has 0 radical (unpaired) electrons. The van der Waals surface area contributed by atoms with Crippen LogP contribution in [-0.2, 0) is 23.9 Å². The highest BCUT2D eigenvalue weighted by Crippen LogP contribution is 2.60. The zero-order valence-corrected chi connectivity index (χ0v) is 22.9. The first kappa shape index (κ1) is 26.1. The van der Waals surface area contributed by atoms with E-state index in [1.165, 1.54) is 6.42 Å². The Morgan fingerprint density at radius 1 is 1.05 bits per heavy atom. The first-order chi connectivity index (χ1) is 18.2. The minimum atomic E-state index is -1.22. The molecule has 4 heterocycles. The Morgan fingerprint density at radius 2 is 1.84 bits per heavy atom. The molecule has 6 rings (SSSR count). The van der Waals surface area contributed by atoms with Crippen LogP contribution in [0.25, 0.3) is 0 Å². The molecule has 2 N–H and O–H groups in total. The van der Waals surface area contributed by atoms with Crippen molar-refractivity contribution in [2.75, 3.05) is 18.5 Å². The monoisotopic (exact) mass is 561 g/mol. The van der Waals surface area contributed by atoms with E-state index in [0.717, 1.165) is 38.5 Å². The second-order valence-corrected chi connectivity index (χ2v) is 12.2. The number of carbonyl (C=O) groups is 3. The van der Waals surface area contributed by atoms with Crippen molar-refractivity contribution in [1.29, 1.82) is 0 Å². The summed E-state index contributed by atoms with van der Waals surface area (Å²) in [4.78, 5) is 43.4. The van der Waals surface area contributed by atoms with Crippen LogP contribution in [-0.4, -0.2) is 65.2 Å². The van der Waals surface area contributed by atoms with E-state index in [4.69, 9.17) is 32.7 Å². The van der Waals surface area contributed by atoms with E-state index in [-0.39, 0.29) is 29.9 Å². The highest BCUT2D eigenvalue weighted by molar-refractivity contribution is 6.42. The average Bonchev–Trinajstić information content (AvgIpc) is 3.62. The largest absolute Gasteiger partial charge is 0.376 e. The minimum Gasteiger partial charge on any atom is -0.376 e. The van der Waals surface area contributed by atoms with Gasteiger partial charge >= 0.3 is 0 Å². The summed E-state index contributed by atoms with van der Waals surface area (Å²) in [5, 5.41) is 6.81. The zero-order valence-electron chi connectivity index (χ0n) is 21.4. The molecule has 0 aromatic heterocycles. The fraction of sp³-hybridized carbons (Fsp3) is 0.607. The molecule has 1 spiro atoms. The van der Waals surface area contributed by atoms with Gasteiger partial charge in [-0.25, -0.2) is 0 Å². The first-order valence-electron chi connectivity index (χ1n) is 13.6. The van der Waals surface area contributed by atoms with Gasteiger partial charge in [0.15, 0.2) is 0 Å². The third-order valence-corrected chi connectivity index (χ3v) is 9.63. The number of likely N-dealkylation sites (tertiary alicyclic amines) is 1. The van der Waals surface area contributed by atoms with Crippen LogP contribution in [0.15, 0.2) is 30.4 Å². The number of halogens is 2. The molecular weight excluding hydrogens is 529 g/mol. The van der Waals surface area contributed by atoms with Gasteiger partial charge in [0.1, 0.15) is 11.6 Å². The summed E-state index contributed by atoms with van der Waals surface area (Å²) in [6.07, 6.45) is 10.5. The molecule has 3 amide bonds. The quantitative estimate of drug-likeness (QED) is 0.509. The molecule has 1 aromatic carbocycles. The predicted octanol–water partition coefficient (Wildman–Crippen LogP) is 4.10. The third-order valence-electron chi connectivity index (χ3n) is 8.89. The molecule has 4 fully saturated rings. The predicted molar refractivity (Wildman–Crippen MR) is 143 cm³/mol. The van der Waals surface area contributed by atoms with E-state index in [9.17, 15) is 14.4 Å². The Labute approximate surface area is 232 Å². The van der Waals surface area contributed by atoms with Crippen LogP contribution in [0.4, 0.5) is 5.69 Å². The second-order valence-electron chi connectivity index (χ2n) is 11.4. The number of hydrogen-bond acceptors (Lipinski definition) is 5. The number of benzene rings is 1. The average molecular weight is 562 g/mol. The molecule has 3 saturated heterocycles. The Balaban J connectivity index is 1.32. The van der Waals surface area contributed by atoms with Crippen LogP contribution in [0.3, 0.4) is 0 Å². The molecule has 204 valence electrons. The topological polar surface area (TPSA) is 97.0 Å². The molecule has 4 aliphatic heterocycles. The van der Waals surface area contributed by atoms with Crippen LogP contribution in [0, 0.1) is 11.8 Å². The van der Waals surface area contributed by atoms with Crippen molar-refractivity contribution in [3.05, 3.63) is 40.4 Å². The van der Waals surface area contributed by atoms with E-state index in [2.05, 4.69) is 10.6 Å². The standard InChI is InChI=1S/C28H33Cl2N3O5/c1-27-11-12-28(38-27)22(21(27)24(34)32-17-9-10-19(29)20(30)14-17)26(36)33(15-18-8-5-13-37-18)23(28)25(35)31-16-6-3-2-4-7-16/h9-12,14,16,18,21-23H,2-8,13,15H2,1H3,(H,31,35)(H,32,34)/t18-,21+,22-,23+,27-,28+/m1/s1. The van der Waals surface area contributed by atoms with Crippen molar-refractivity contribution in [2.45, 2.75) is 81.3 Å². The molecule has 1 saturated carbocycles. The molecule has 38 heavy (non-hydrogen) atoms. The molecule has 0 unspecified atom stereocenters. The van der Waals surface area contributed by atoms with E-state index >= 15 is 0 Å². The highest BCUT2D eigenvalue weighted by Gasteiger charge is 2.76. The maximum Gasteiger partial charge on any atom is 0.246 e. The van der Waals surface area contributed by atoms with Crippen LogP contribution < -0.4 is 10.6 Å². The molecular formula is C28H33Cl2N3O5. The Bertz CT molecular complexity index is 1180. The molecule has 6 atom stereocenters. The lowest BCUT2D eigenvalue weighted by atomic mass is 9.70. The van der Waals surface area contributed by atoms with E-state index in [0.29, 0.717) is 28.9 Å². The van der Waals surface area contributed by atoms with Crippen LogP contribution >= 0.6 is 23.2 Å². The maximum atomic E-state index is 14.1. The number of anilines is 1. The summed E-state index contributed by atoms with van der Waals surface area (Å²) in [5.41, 5.74) is -1.77. The zero-order chi connectivity index (χ0) is 26.7. The van der Waals surface area contributed by atoms with Gasteiger partial charge in [0.05, 0.1) is 33.6 Å². The van der Waals surface area contributed by atoms with Gasteiger partial charge in [-0.1, -0.05) is 54.6 Å². The minimum absolute atomic E-state index is 0.0818. The summed E-state index contributed by atoms with van der Waals surface area (Å²) in [6.45, 7) is 2.75. The number of ether oxygens (including phenoxy) is 2. The lowest BCUT2D eigenvalue weighted by molar-refractivity contribution is -0.145. The summed E-state index contributed by atoms with van der Waals surface area (Å²) in [5.74, 6) is -2.48. The summed E-state index contributed by atoms with van der Waals surface area (Å²) >= 11 is 12.2. The van der Waals surface area contributed by atoms with Crippen LogP contribution in [0.2, 0.25) is 10.0 Å². The fourth-order valence-electron chi connectivity index (χ4n) is 7.15. The van der Waals surface area contributed by atoms with Crippen molar-refractivity contribution < 1.29 is 23.9 Å². The lowest BCUT2D eigenvalue weighted by Gasteiger charge is -2.35. The highest BCUT2D eigenvalue weighted by atomic mass is 35.5. The van der Waals surface area contributed by atoms with Crippen molar-refractivity contribution >= 4 is 46.6 Å². The van der Waals surface area contributed by atoms with Gasteiger partial charge in [-0.3, -0.25) is 14.4 Å². The SMILES string of the molecule is C[C@]12C=C[C@@]3(O1)[C@H](C(=O)NC1CCCCC1)N(C[C@H]1CCCO1)C(=O)[C@H]3[C@H]2C(=O)Nc1ccc(Cl)c(Cl)c1. The van der Waals surface area contributed by atoms with Gasteiger partial charge in [0.25, 0.3) is 0 Å². The summed E-state index contributed by atoms with van der Waals surface area (Å²) < 4.78 is 12.4. The molecule has 10 heteroatoms. The van der Waals surface area contributed by atoms with Gasteiger partial charge in [0.2, 0.25) is 17.7 Å². The molecule has 1 aromatic rings. The number of nitrogens with one attached hydrogen (secondary N) is 2. The van der Waals surface area contributed by atoms with Crippen molar-refractivity contribution in [3.63, 3.8) is 0 Å². The Hall–Kier alpha value is -2.13. The first-order valence-corrected chi connectivity index (χ1v) is 14.4. The van der Waals surface area contributed by atoms with Crippen molar-refractivity contribution in [3.8, 4) is 0 Å². The van der Waals surface area contributed by atoms with Gasteiger partial charge in [-0.05, 0) is 50.8 Å². The van der Waals surface area contributed by atoms with E-state index in [1.54, 1.807) is 23.1 Å². The van der Waals surface area contributed by atoms with Crippen LogP contribution in [0.5, 0.6) is 0 Å². The van der Waals surface area contributed by atoms with Gasteiger partial charge in [0, 0.05) is 24.9 Å². The van der Waals surface area contributed by atoms with Gasteiger partial charge < -0.3 is 25.0 Å². The number of fused-ring (bicyclic) bond motifs is 1. The smallest absolute Gasteiger partial charge is 0.246 e. The number of carbonyl (C=O) groups excluding carboxylic acids is 3. The number of hydrogen-bond donors (Lipinski definition) is 2. The third kappa shape index (κ3) is 4.24. The number of rotatable bonds is 6. The van der Waals surface area contributed by atoms with Crippen molar-refractivity contribution in [2.24, 2.45) is 11.8 Å². The summed E-state index contributed by atoms with van der Waals surface area (Å²) in [6, 6.07) is 4.06. The Kier molecular flexibility index (Phi) is 6.74. The maximum absolute atomic E-state index is 14.1. The molecule has 5 aliphatic rings. The molecule has 8 nitrogen and oxygen atoms in total. The normalized spacial score (nSPS) is 36.1. The van der Waals surface area contributed by atoms with Gasteiger partial charge in [-0.2, -0.15) is 0 Å². The molecule has 2 bridgehead atoms. The Morgan fingerprint density at radius 3 is 2.55 bits per heavy atom. The van der Waals surface area contributed by atoms with Crippen molar-refractivity contribution in [1.82, 2.24) is 10.2 Å². The summed E-state index contributed by atoms with van der Waals surface area (Å²) in [7, 11) is 0. The number of nitrogens with zero attached hydrogens (tertiary/aromatic N) is 1. The second kappa shape index (κ2) is 9.81. The number of amides is 3.